The molecule has 2 fully saturated rings. The Balaban J connectivity index is 1.50. The molecule has 0 aliphatic heterocycles. The minimum absolute atomic E-state index is 0.737. The van der Waals surface area contributed by atoms with Gasteiger partial charge in [-0.2, -0.15) is 15.0 Å². The van der Waals surface area contributed by atoms with Crippen LogP contribution in [0.5, 0.6) is 0 Å². The zero-order valence-electron chi connectivity index (χ0n) is 8.48. The van der Waals surface area contributed by atoms with Gasteiger partial charge in [0.25, 0.3) is 0 Å². The molecule has 0 aromatic carbocycles. The second kappa shape index (κ2) is 3.05. The van der Waals surface area contributed by atoms with Gasteiger partial charge in [-0.25, -0.2) is 0 Å². The fourth-order valence-corrected chi connectivity index (χ4v) is 2.60. The number of aryl methyl sites for hydroxylation is 1. The van der Waals surface area contributed by atoms with E-state index in [0.29, 0.717) is 0 Å². The zero-order chi connectivity index (χ0) is 9.54. The molecule has 2 aliphatic rings. The van der Waals surface area contributed by atoms with E-state index >= 15 is 0 Å². The average Bonchev–Trinajstić information content (AvgIpc) is 2.63. The van der Waals surface area contributed by atoms with Crippen molar-refractivity contribution in [2.75, 3.05) is 0 Å². The Kier molecular flexibility index (Phi) is 1.83. The fraction of sp³-hybridized carbons (Fsp3) is 0.800. The molecule has 2 atom stereocenters. The van der Waals surface area contributed by atoms with Crippen LogP contribution in [0.3, 0.4) is 0 Å². The first kappa shape index (κ1) is 8.41. The fourth-order valence-electron chi connectivity index (χ4n) is 2.60. The summed E-state index contributed by atoms with van der Waals surface area (Å²) < 4.78 is 0. The normalized spacial score (nSPS) is 34.5. The maximum Gasteiger partial charge on any atom is 0.0964 e. The first-order valence-electron chi connectivity index (χ1n) is 5.40. The molecule has 4 nitrogen and oxygen atoms in total. The predicted molar refractivity (Wildman–Crippen MR) is 52.5 cm³/mol. The molecule has 14 heavy (non-hydrogen) atoms. The summed E-state index contributed by atoms with van der Waals surface area (Å²) in [7, 11) is 1.86. The summed E-state index contributed by atoms with van der Waals surface area (Å²) in [5, 5.41) is 11.9. The Morgan fingerprint density at radius 2 is 2.21 bits per heavy atom. The number of fused-ring (bicyclic) bond motifs is 1. The van der Waals surface area contributed by atoms with Crippen LogP contribution in [0.4, 0.5) is 0 Å². The van der Waals surface area contributed by atoms with Gasteiger partial charge in [0, 0.05) is 19.6 Å². The standard InChI is InChI=1S/C10H16N4/c1-14-12-6-10(13-14)5-11-9-3-7-2-8(7)4-9/h6-9,11H,2-5H2,1H3. The van der Waals surface area contributed by atoms with E-state index in [2.05, 4.69) is 15.5 Å². The van der Waals surface area contributed by atoms with Crippen LogP contribution >= 0.6 is 0 Å². The molecule has 1 aromatic rings. The molecular weight excluding hydrogens is 176 g/mol. The quantitative estimate of drug-likeness (QED) is 0.766. The molecule has 3 rings (SSSR count). The molecule has 4 heteroatoms. The van der Waals surface area contributed by atoms with Crippen molar-refractivity contribution in [1.29, 1.82) is 0 Å². The average molecular weight is 192 g/mol. The van der Waals surface area contributed by atoms with Crippen LogP contribution in [0.15, 0.2) is 6.20 Å². The third kappa shape index (κ3) is 1.54. The van der Waals surface area contributed by atoms with Crippen molar-refractivity contribution in [3.63, 3.8) is 0 Å². The topological polar surface area (TPSA) is 42.7 Å². The van der Waals surface area contributed by atoms with Gasteiger partial charge in [-0.3, -0.25) is 0 Å². The molecule has 1 aromatic heterocycles. The maximum absolute atomic E-state index is 4.24. The largest absolute Gasteiger partial charge is 0.308 e. The minimum Gasteiger partial charge on any atom is -0.308 e. The van der Waals surface area contributed by atoms with Crippen LogP contribution in [0.25, 0.3) is 0 Å². The Bertz CT molecular complexity index is 323. The first-order valence-corrected chi connectivity index (χ1v) is 5.40. The second-order valence-corrected chi connectivity index (χ2v) is 4.63. The van der Waals surface area contributed by atoms with Gasteiger partial charge in [0.1, 0.15) is 0 Å². The molecular formula is C10H16N4. The molecule has 0 amide bonds. The molecule has 0 bridgehead atoms. The van der Waals surface area contributed by atoms with E-state index in [9.17, 15) is 0 Å². The molecule has 1 heterocycles. The van der Waals surface area contributed by atoms with E-state index in [0.717, 1.165) is 30.1 Å². The third-order valence-corrected chi connectivity index (χ3v) is 3.46. The summed E-state index contributed by atoms with van der Waals surface area (Å²) in [6.07, 6.45) is 6.09. The van der Waals surface area contributed by atoms with Gasteiger partial charge in [0.15, 0.2) is 0 Å². The zero-order valence-corrected chi connectivity index (χ0v) is 8.48. The predicted octanol–water partition coefficient (Wildman–Crippen LogP) is 0.703. The number of nitrogens with zero attached hydrogens (tertiary/aromatic N) is 3. The van der Waals surface area contributed by atoms with Gasteiger partial charge in [-0.05, 0) is 31.1 Å². The minimum atomic E-state index is 0.737. The highest BCUT2D eigenvalue weighted by molar-refractivity contribution is 5.00. The van der Waals surface area contributed by atoms with Gasteiger partial charge in [0.2, 0.25) is 0 Å². The number of hydrogen-bond donors (Lipinski definition) is 1. The van der Waals surface area contributed by atoms with Crippen molar-refractivity contribution in [3.05, 3.63) is 11.9 Å². The number of nitrogens with one attached hydrogen (secondary N) is 1. The van der Waals surface area contributed by atoms with Crippen LogP contribution in [-0.4, -0.2) is 21.0 Å². The van der Waals surface area contributed by atoms with Gasteiger partial charge in [0.05, 0.1) is 11.9 Å². The summed E-state index contributed by atoms with van der Waals surface area (Å²) in [6.45, 7) is 0.873. The lowest BCUT2D eigenvalue weighted by Crippen LogP contribution is -2.27. The highest BCUT2D eigenvalue weighted by atomic mass is 15.4. The summed E-state index contributed by atoms with van der Waals surface area (Å²) in [4.78, 5) is 1.61. The third-order valence-electron chi connectivity index (χ3n) is 3.46. The molecule has 0 radical (unpaired) electrons. The van der Waals surface area contributed by atoms with Crippen LogP contribution in [0.1, 0.15) is 25.0 Å². The van der Waals surface area contributed by atoms with Crippen LogP contribution in [-0.2, 0) is 13.6 Å². The molecule has 0 spiro atoms. The van der Waals surface area contributed by atoms with E-state index in [1.165, 1.54) is 19.3 Å². The smallest absolute Gasteiger partial charge is 0.0964 e. The van der Waals surface area contributed by atoms with Crippen molar-refractivity contribution in [2.24, 2.45) is 18.9 Å². The van der Waals surface area contributed by atoms with E-state index in [1.807, 2.05) is 13.2 Å². The highest BCUT2D eigenvalue weighted by Crippen LogP contribution is 2.51. The van der Waals surface area contributed by atoms with E-state index in [4.69, 9.17) is 0 Å². The Morgan fingerprint density at radius 3 is 2.86 bits per heavy atom. The van der Waals surface area contributed by atoms with Crippen molar-refractivity contribution in [1.82, 2.24) is 20.3 Å². The first-order chi connectivity index (χ1) is 6.81. The van der Waals surface area contributed by atoms with Crippen LogP contribution in [0, 0.1) is 11.8 Å². The lowest BCUT2D eigenvalue weighted by atomic mass is 10.1. The highest BCUT2D eigenvalue weighted by Gasteiger charge is 2.45. The maximum atomic E-state index is 4.24. The summed E-state index contributed by atoms with van der Waals surface area (Å²) in [5.41, 5.74) is 1.05. The van der Waals surface area contributed by atoms with Gasteiger partial charge >= 0.3 is 0 Å². The Morgan fingerprint density at radius 1 is 1.43 bits per heavy atom. The van der Waals surface area contributed by atoms with E-state index < -0.39 is 0 Å². The summed E-state index contributed by atoms with van der Waals surface area (Å²) in [6, 6.07) is 0.737. The van der Waals surface area contributed by atoms with Gasteiger partial charge < -0.3 is 5.32 Å². The molecule has 2 aliphatic carbocycles. The van der Waals surface area contributed by atoms with E-state index in [1.54, 1.807) is 4.80 Å². The van der Waals surface area contributed by atoms with Crippen LogP contribution < -0.4 is 5.32 Å². The molecule has 0 saturated heterocycles. The van der Waals surface area contributed by atoms with Crippen molar-refractivity contribution in [2.45, 2.75) is 31.8 Å². The lowest BCUT2D eigenvalue weighted by Gasteiger charge is -2.12. The Hall–Kier alpha value is -0.900. The summed E-state index contributed by atoms with van der Waals surface area (Å²) >= 11 is 0. The number of aromatic nitrogens is 3. The number of rotatable bonds is 3. The second-order valence-electron chi connectivity index (χ2n) is 4.63. The lowest BCUT2D eigenvalue weighted by molar-refractivity contribution is 0.475. The Labute approximate surface area is 83.7 Å². The van der Waals surface area contributed by atoms with Crippen molar-refractivity contribution < 1.29 is 0 Å². The number of hydrogen-bond acceptors (Lipinski definition) is 3. The monoisotopic (exact) mass is 192 g/mol. The van der Waals surface area contributed by atoms with Crippen LogP contribution in [0.2, 0.25) is 0 Å². The van der Waals surface area contributed by atoms with Gasteiger partial charge in [-0.1, -0.05) is 0 Å². The summed E-state index contributed by atoms with van der Waals surface area (Å²) in [5.74, 6) is 2.10. The molecule has 76 valence electrons. The SMILES string of the molecule is Cn1ncc(CNC2CC3CC3C2)n1. The van der Waals surface area contributed by atoms with E-state index in [-0.39, 0.29) is 0 Å². The molecule has 2 saturated carbocycles. The molecule has 1 N–H and O–H groups in total. The molecule has 2 unspecified atom stereocenters. The van der Waals surface area contributed by atoms with Crippen molar-refractivity contribution in [3.8, 4) is 0 Å². The van der Waals surface area contributed by atoms with Crippen molar-refractivity contribution >= 4 is 0 Å². The van der Waals surface area contributed by atoms with Gasteiger partial charge in [-0.15, -0.1) is 0 Å².